The largest absolute Gasteiger partial charge is 0.350 e. The summed E-state index contributed by atoms with van der Waals surface area (Å²) >= 11 is 0. The number of aryl methyl sites for hydroxylation is 1. The summed E-state index contributed by atoms with van der Waals surface area (Å²) in [5.74, 6) is 6.06. The summed E-state index contributed by atoms with van der Waals surface area (Å²) in [5.41, 5.74) is 5.02. The van der Waals surface area contributed by atoms with Crippen molar-refractivity contribution in [2.45, 2.75) is 53.0 Å². The fourth-order valence-electron chi connectivity index (χ4n) is 2.21. The summed E-state index contributed by atoms with van der Waals surface area (Å²) in [6.07, 6.45) is 3.37. The minimum absolute atomic E-state index is 0.0110. The lowest BCUT2D eigenvalue weighted by molar-refractivity contribution is 0.0937. The van der Waals surface area contributed by atoms with Gasteiger partial charge in [-0.3, -0.25) is 10.6 Å². The fourth-order valence-corrected chi connectivity index (χ4v) is 2.21. The van der Waals surface area contributed by atoms with Crippen molar-refractivity contribution in [1.29, 1.82) is 0 Å². The van der Waals surface area contributed by atoms with E-state index in [1.807, 2.05) is 19.1 Å². The molecule has 0 radical (unpaired) electrons. The average Bonchev–Trinajstić information content (AvgIpc) is 2.37. The molecule has 4 heteroatoms. The third-order valence-electron chi connectivity index (χ3n) is 3.43. The Bertz CT molecular complexity index is 443. The smallest absolute Gasteiger partial charge is 0.251 e. The van der Waals surface area contributed by atoms with E-state index in [4.69, 9.17) is 5.84 Å². The Morgan fingerprint density at radius 3 is 2.50 bits per heavy atom. The Morgan fingerprint density at radius 1 is 1.25 bits per heavy atom. The molecule has 0 aliphatic carbocycles. The predicted molar refractivity (Wildman–Crippen MR) is 84.6 cm³/mol. The molecule has 0 heterocycles. The van der Waals surface area contributed by atoms with E-state index < -0.39 is 0 Å². The topological polar surface area (TPSA) is 67.1 Å². The van der Waals surface area contributed by atoms with Gasteiger partial charge >= 0.3 is 0 Å². The standard InChI is InChI=1S/C16H27N3O/c1-11(2)6-5-7-13(4)18-16(20)15-9-8-14(19-17)10-12(15)3/h8-11,13,19H,5-7,17H2,1-4H3,(H,18,20). The van der Waals surface area contributed by atoms with Gasteiger partial charge in [-0.1, -0.05) is 26.7 Å². The minimum atomic E-state index is -0.0110. The number of anilines is 1. The summed E-state index contributed by atoms with van der Waals surface area (Å²) in [6, 6.07) is 5.69. The zero-order chi connectivity index (χ0) is 15.1. The molecule has 0 bridgehead atoms. The molecule has 4 N–H and O–H groups in total. The number of hydrogen-bond donors (Lipinski definition) is 3. The molecule has 0 saturated carbocycles. The van der Waals surface area contributed by atoms with E-state index in [0.29, 0.717) is 5.56 Å². The highest BCUT2D eigenvalue weighted by atomic mass is 16.1. The van der Waals surface area contributed by atoms with Crippen molar-refractivity contribution in [1.82, 2.24) is 5.32 Å². The van der Waals surface area contributed by atoms with E-state index >= 15 is 0 Å². The Hall–Kier alpha value is -1.55. The molecule has 1 rings (SSSR count). The van der Waals surface area contributed by atoms with Gasteiger partial charge in [-0.25, -0.2) is 0 Å². The predicted octanol–water partition coefficient (Wildman–Crippen LogP) is 3.23. The first-order valence-corrected chi connectivity index (χ1v) is 7.32. The van der Waals surface area contributed by atoms with Crippen LogP contribution in [0.4, 0.5) is 5.69 Å². The van der Waals surface area contributed by atoms with E-state index in [1.54, 1.807) is 6.07 Å². The van der Waals surface area contributed by atoms with Crippen LogP contribution in [0.2, 0.25) is 0 Å². The van der Waals surface area contributed by atoms with Crippen LogP contribution in [0.1, 0.15) is 56.0 Å². The Balaban J connectivity index is 2.53. The van der Waals surface area contributed by atoms with Crippen LogP contribution in [0.15, 0.2) is 18.2 Å². The number of nitrogens with one attached hydrogen (secondary N) is 2. The first kappa shape index (κ1) is 16.5. The van der Waals surface area contributed by atoms with Gasteiger partial charge in [0.2, 0.25) is 0 Å². The maximum atomic E-state index is 12.2. The number of nitrogen functional groups attached to an aromatic ring is 1. The van der Waals surface area contributed by atoms with Gasteiger partial charge in [0.1, 0.15) is 0 Å². The zero-order valence-electron chi connectivity index (χ0n) is 13.0. The second kappa shape index (κ2) is 7.90. The minimum Gasteiger partial charge on any atom is -0.350 e. The van der Waals surface area contributed by atoms with Crippen LogP contribution in [0.25, 0.3) is 0 Å². The molecule has 0 aliphatic heterocycles. The van der Waals surface area contributed by atoms with Gasteiger partial charge in [-0.15, -0.1) is 0 Å². The summed E-state index contributed by atoms with van der Waals surface area (Å²) in [6.45, 7) is 8.42. The molecule has 0 fully saturated rings. The van der Waals surface area contributed by atoms with Gasteiger partial charge in [-0.2, -0.15) is 0 Å². The highest BCUT2D eigenvalue weighted by molar-refractivity contribution is 5.96. The van der Waals surface area contributed by atoms with Gasteiger partial charge in [-0.05, 0) is 49.9 Å². The second-order valence-corrected chi connectivity index (χ2v) is 5.87. The van der Waals surface area contributed by atoms with Crippen LogP contribution in [0.3, 0.4) is 0 Å². The lowest BCUT2D eigenvalue weighted by atomic mass is 10.0. The molecule has 112 valence electrons. The van der Waals surface area contributed by atoms with Gasteiger partial charge < -0.3 is 10.7 Å². The Labute approximate surface area is 122 Å². The van der Waals surface area contributed by atoms with Crippen molar-refractivity contribution in [3.8, 4) is 0 Å². The fraction of sp³-hybridized carbons (Fsp3) is 0.562. The van der Waals surface area contributed by atoms with Gasteiger partial charge in [0, 0.05) is 17.3 Å². The number of benzene rings is 1. The van der Waals surface area contributed by atoms with Crippen LogP contribution < -0.4 is 16.6 Å². The normalized spacial score (nSPS) is 12.3. The van der Waals surface area contributed by atoms with E-state index in [9.17, 15) is 4.79 Å². The van der Waals surface area contributed by atoms with Crippen LogP contribution in [0, 0.1) is 12.8 Å². The molecule has 1 unspecified atom stereocenters. The maximum absolute atomic E-state index is 12.2. The lowest BCUT2D eigenvalue weighted by Gasteiger charge is -2.16. The highest BCUT2D eigenvalue weighted by Gasteiger charge is 2.12. The van der Waals surface area contributed by atoms with Gasteiger partial charge in [0.15, 0.2) is 0 Å². The number of nitrogens with two attached hydrogens (primary N) is 1. The van der Waals surface area contributed by atoms with Crippen molar-refractivity contribution < 1.29 is 4.79 Å². The van der Waals surface area contributed by atoms with Crippen LogP contribution >= 0.6 is 0 Å². The zero-order valence-corrected chi connectivity index (χ0v) is 13.0. The molecule has 0 aromatic heterocycles. The molecular weight excluding hydrogens is 250 g/mol. The third-order valence-corrected chi connectivity index (χ3v) is 3.43. The van der Waals surface area contributed by atoms with E-state index in [1.165, 1.54) is 6.42 Å². The van der Waals surface area contributed by atoms with E-state index in [0.717, 1.165) is 30.0 Å². The Kier molecular flexibility index (Phi) is 6.52. The quantitative estimate of drug-likeness (QED) is 0.529. The first-order chi connectivity index (χ1) is 9.43. The molecule has 0 spiro atoms. The molecule has 0 aliphatic rings. The maximum Gasteiger partial charge on any atom is 0.251 e. The van der Waals surface area contributed by atoms with Crippen molar-refractivity contribution in [3.63, 3.8) is 0 Å². The van der Waals surface area contributed by atoms with Crippen molar-refractivity contribution in [3.05, 3.63) is 29.3 Å². The summed E-state index contributed by atoms with van der Waals surface area (Å²) in [7, 11) is 0. The van der Waals surface area contributed by atoms with E-state index in [-0.39, 0.29) is 11.9 Å². The van der Waals surface area contributed by atoms with Crippen molar-refractivity contribution in [2.24, 2.45) is 11.8 Å². The molecule has 4 nitrogen and oxygen atoms in total. The van der Waals surface area contributed by atoms with Gasteiger partial charge in [0.25, 0.3) is 5.91 Å². The number of amides is 1. The van der Waals surface area contributed by atoms with Gasteiger partial charge in [0.05, 0.1) is 0 Å². The molecule has 1 aromatic rings. The highest BCUT2D eigenvalue weighted by Crippen LogP contribution is 2.15. The summed E-state index contributed by atoms with van der Waals surface area (Å²) in [4.78, 5) is 12.2. The van der Waals surface area contributed by atoms with Crippen molar-refractivity contribution in [2.75, 3.05) is 5.43 Å². The molecule has 1 aromatic carbocycles. The van der Waals surface area contributed by atoms with Crippen LogP contribution in [-0.4, -0.2) is 11.9 Å². The van der Waals surface area contributed by atoms with E-state index in [2.05, 4.69) is 31.5 Å². The number of carbonyl (C=O) groups excluding carboxylic acids is 1. The first-order valence-electron chi connectivity index (χ1n) is 7.32. The number of carbonyl (C=O) groups is 1. The second-order valence-electron chi connectivity index (χ2n) is 5.87. The van der Waals surface area contributed by atoms with Crippen LogP contribution in [0.5, 0.6) is 0 Å². The average molecular weight is 277 g/mol. The molecule has 1 atom stereocenters. The number of rotatable bonds is 7. The third kappa shape index (κ3) is 5.21. The number of hydrazine groups is 1. The number of hydrogen-bond acceptors (Lipinski definition) is 3. The summed E-state index contributed by atoms with van der Waals surface area (Å²) in [5, 5.41) is 3.06. The molecule has 20 heavy (non-hydrogen) atoms. The monoisotopic (exact) mass is 277 g/mol. The SMILES string of the molecule is Cc1cc(NN)ccc1C(=O)NC(C)CCCC(C)C. The molecular formula is C16H27N3O. The summed E-state index contributed by atoms with van der Waals surface area (Å²) < 4.78 is 0. The van der Waals surface area contributed by atoms with Crippen LogP contribution in [-0.2, 0) is 0 Å². The Morgan fingerprint density at radius 2 is 1.95 bits per heavy atom. The van der Waals surface area contributed by atoms with Crippen molar-refractivity contribution >= 4 is 11.6 Å². The lowest BCUT2D eigenvalue weighted by Crippen LogP contribution is -2.33. The molecule has 1 amide bonds. The molecule has 0 saturated heterocycles.